The molecule has 1 aromatic carbocycles. The maximum atomic E-state index is 6.08. The average molecular weight is 358 g/mol. The highest BCUT2D eigenvalue weighted by atomic mass is 16.5. The number of hydrogen-bond donors (Lipinski definition) is 2. The maximum absolute atomic E-state index is 6.08. The molecule has 6 heteroatoms. The van der Waals surface area contributed by atoms with Gasteiger partial charge in [0.05, 0.1) is 19.0 Å². The summed E-state index contributed by atoms with van der Waals surface area (Å²) in [6.45, 7) is 11.4. The van der Waals surface area contributed by atoms with Crippen LogP contribution in [0, 0.1) is 6.92 Å². The second-order valence-corrected chi connectivity index (χ2v) is 6.37. The number of rotatable bonds is 9. The second kappa shape index (κ2) is 10.5. The minimum atomic E-state index is 0.195. The summed E-state index contributed by atoms with van der Waals surface area (Å²) in [4.78, 5) is 8.77. The fourth-order valence-corrected chi connectivity index (χ4v) is 2.43. The molecule has 1 unspecified atom stereocenters. The first-order valence-corrected chi connectivity index (χ1v) is 9.36. The highest BCUT2D eigenvalue weighted by Gasteiger charge is 2.08. The van der Waals surface area contributed by atoms with Crippen LogP contribution in [0.2, 0.25) is 0 Å². The number of aryl methyl sites for hydroxylation is 1. The first-order valence-electron chi connectivity index (χ1n) is 9.36. The van der Waals surface area contributed by atoms with Crippen LogP contribution in [0.25, 0.3) is 0 Å². The van der Waals surface area contributed by atoms with Gasteiger partial charge in [0.2, 0.25) is 0 Å². The van der Waals surface area contributed by atoms with Gasteiger partial charge in [-0.3, -0.25) is 0 Å². The molecule has 0 radical (unpaired) electrons. The summed E-state index contributed by atoms with van der Waals surface area (Å²) in [6, 6.07) is 6.30. The minimum absolute atomic E-state index is 0.195. The Bertz CT molecular complexity index is 682. The number of nitrogens with zero attached hydrogens (tertiary/aromatic N) is 3. The van der Waals surface area contributed by atoms with Crippen molar-refractivity contribution in [2.75, 3.05) is 13.1 Å². The molecule has 0 aliphatic rings. The number of aliphatic imine (C=N–C) groups is 1. The molecule has 0 aliphatic carbocycles. The molecule has 0 bridgehead atoms. The molecule has 0 spiro atoms. The maximum Gasteiger partial charge on any atom is 0.191 e. The lowest BCUT2D eigenvalue weighted by atomic mass is 10.1. The molecule has 2 N–H and O–H groups in total. The Kier molecular flexibility index (Phi) is 7.99. The van der Waals surface area contributed by atoms with E-state index in [9.17, 15) is 0 Å². The molecule has 0 saturated carbocycles. The molecule has 0 amide bonds. The lowest BCUT2D eigenvalue weighted by molar-refractivity contribution is 0.215. The van der Waals surface area contributed by atoms with E-state index in [1.165, 1.54) is 5.56 Å². The van der Waals surface area contributed by atoms with Crippen LogP contribution < -0.4 is 15.4 Å². The summed E-state index contributed by atoms with van der Waals surface area (Å²) in [6.07, 6.45) is 6.73. The van der Waals surface area contributed by atoms with Gasteiger partial charge in [-0.1, -0.05) is 19.1 Å². The minimum Gasteiger partial charge on any atom is -0.490 e. The van der Waals surface area contributed by atoms with E-state index < -0.39 is 0 Å². The molecule has 0 aliphatic heterocycles. The third-order valence-corrected chi connectivity index (χ3v) is 4.10. The standard InChI is InChI=1S/C20H31N5O/c1-5-17(4)26-19-13-16(3)7-8-18(19)14-24-20(22-6-2)23-10-12-25-11-9-21-15-25/h7-9,11,13,15,17H,5-6,10,12,14H2,1-4H3,(H2,22,23,24). The van der Waals surface area contributed by atoms with Crippen molar-refractivity contribution < 1.29 is 4.74 Å². The number of guanidine groups is 1. The number of ether oxygens (including phenoxy) is 1. The topological polar surface area (TPSA) is 63.5 Å². The van der Waals surface area contributed by atoms with Crippen molar-refractivity contribution in [3.05, 3.63) is 48.0 Å². The first-order chi connectivity index (χ1) is 12.6. The summed E-state index contributed by atoms with van der Waals surface area (Å²) in [5, 5.41) is 6.65. The monoisotopic (exact) mass is 357 g/mol. The van der Waals surface area contributed by atoms with Crippen LogP contribution in [-0.2, 0) is 13.1 Å². The van der Waals surface area contributed by atoms with Crippen LogP contribution in [0.15, 0.2) is 41.9 Å². The smallest absolute Gasteiger partial charge is 0.191 e. The van der Waals surface area contributed by atoms with E-state index >= 15 is 0 Å². The fourth-order valence-electron chi connectivity index (χ4n) is 2.43. The molecule has 2 aromatic rings. The van der Waals surface area contributed by atoms with Crippen LogP contribution in [0.5, 0.6) is 5.75 Å². The van der Waals surface area contributed by atoms with Crippen molar-refractivity contribution in [1.82, 2.24) is 20.2 Å². The van der Waals surface area contributed by atoms with Crippen molar-refractivity contribution in [2.24, 2.45) is 4.99 Å². The van der Waals surface area contributed by atoms with E-state index in [1.54, 1.807) is 6.20 Å². The average Bonchev–Trinajstić information content (AvgIpc) is 3.14. The van der Waals surface area contributed by atoms with Crippen molar-refractivity contribution in [1.29, 1.82) is 0 Å². The van der Waals surface area contributed by atoms with E-state index in [-0.39, 0.29) is 6.10 Å². The summed E-state index contributed by atoms with van der Waals surface area (Å²) >= 11 is 0. The van der Waals surface area contributed by atoms with E-state index in [0.717, 1.165) is 43.3 Å². The molecular weight excluding hydrogens is 326 g/mol. The molecule has 142 valence electrons. The molecule has 1 aromatic heterocycles. The summed E-state index contributed by atoms with van der Waals surface area (Å²) in [5.41, 5.74) is 2.30. The van der Waals surface area contributed by atoms with Crippen LogP contribution in [0.4, 0.5) is 0 Å². The summed E-state index contributed by atoms with van der Waals surface area (Å²) in [5.74, 6) is 1.74. The number of hydrogen-bond acceptors (Lipinski definition) is 3. The third-order valence-electron chi connectivity index (χ3n) is 4.10. The predicted octanol–water partition coefficient (Wildman–Crippen LogP) is 3.12. The predicted molar refractivity (Wildman–Crippen MR) is 107 cm³/mol. The lowest BCUT2D eigenvalue weighted by Gasteiger charge is -2.17. The third kappa shape index (κ3) is 6.43. The van der Waals surface area contributed by atoms with Gasteiger partial charge >= 0.3 is 0 Å². The van der Waals surface area contributed by atoms with Gasteiger partial charge in [0.1, 0.15) is 5.75 Å². The highest BCUT2D eigenvalue weighted by molar-refractivity contribution is 5.79. The SMILES string of the molecule is CCNC(=NCc1ccc(C)cc1OC(C)CC)NCCn1ccnc1. The van der Waals surface area contributed by atoms with Gasteiger partial charge in [0.15, 0.2) is 5.96 Å². The normalized spacial score (nSPS) is 12.7. The Morgan fingerprint density at radius 3 is 2.85 bits per heavy atom. The first kappa shape index (κ1) is 19.8. The molecule has 1 atom stereocenters. The molecule has 0 fully saturated rings. The zero-order chi connectivity index (χ0) is 18.8. The fraction of sp³-hybridized carbons (Fsp3) is 0.500. The van der Waals surface area contributed by atoms with E-state index in [0.29, 0.717) is 6.54 Å². The van der Waals surface area contributed by atoms with Gasteiger partial charge in [-0.25, -0.2) is 9.98 Å². The van der Waals surface area contributed by atoms with Gasteiger partial charge in [0.25, 0.3) is 0 Å². The number of nitrogens with one attached hydrogen (secondary N) is 2. The molecular formula is C20H31N5O. The number of aromatic nitrogens is 2. The van der Waals surface area contributed by atoms with Crippen molar-refractivity contribution in [2.45, 2.75) is 53.3 Å². The van der Waals surface area contributed by atoms with Gasteiger partial charge < -0.3 is 19.9 Å². The zero-order valence-corrected chi connectivity index (χ0v) is 16.3. The largest absolute Gasteiger partial charge is 0.490 e. The van der Waals surface area contributed by atoms with Gasteiger partial charge in [-0.15, -0.1) is 0 Å². The quantitative estimate of drug-likeness (QED) is 0.535. The summed E-state index contributed by atoms with van der Waals surface area (Å²) in [7, 11) is 0. The molecule has 26 heavy (non-hydrogen) atoms. The van der Waals surface area contributed by atoms with Crippen molar-refractivity contribution in [3.63, 3.8) is 0 Å². The molecule has 1 heterocycles. The van der Waals surface area contributed by atoms with Crippen LogP contribution in [-0.4, -0.2) is 34.7 Å². The number of imidazole rings is 1. The number of benzene rings is 1. The van der Waals surface area contributed by atoms with E-state index in [2.05, 4.69) is 61.5 Å². The molecule has 2 rings (SSSR count). The molecule has 6 nitrogen and oxygen atoms in total. The van der Waals surface area contributed by atoms with E-state index in [4.69, 9.17) is 9.73 Å². The van der Waals surface area contributed by atoms with Gasteiger partial charge in [-0.05, 0) is 38.8 Å². The summed E-state index contributed by atoms with van der Waals surface area (Å²) < 4.78 is 8.11. The van der Waals surface area contributed by atoms with Crippen LogP contribution in [0.3, 0.4) is 0 Å². The van der Waals surface area contributed by atoms with Gasteiger partial charge in [-0.2, -0.15) is 0 Å². The Balaban J connectivity index is 2.00. The van der Waals surface area contributed by atoms with Gasteiger partial charge in [0, 0.05) is 37.6 Å². The second-order valence-electron chi connectivity index (χ2n) is 6.37. The van der Waals surface area contributed by atoms with Crippen molar-refractivity contribution >= 4 is 5.96 Å². The lowest BCUT2D eigenvalue weighted by Crippen LogP contribution is -2.38. The van der Waals surface area contributed by atoms with Crippen LogP contribution in [0.1, 0.15) is 38.3 Å². The zero-order valence-electron chi connectivity index (χ0n) is 16.3. The van der Waals surface area contributed by atoms with Crippen LogP contribution >= 0.6 is 0 Å². The van der Waals surface area contributed by atoms with E-state index in [1.807, 2.05) is 17.1 Å². The Labute approximate surface area is 156 Å². The Morgan fingerprint density at radius 2 is 2.15 bits per heavy atom. The Hall–Kier alpha value is -2.50. The van der Waals surface area contributed by atoms with Crippen molar-refractivity contribution in [3.8, 4) is 5.75 Å². The molecule has 0 saturated heterocycles. The highest BCUT2D eigenvalue weighted by Crippen LogP contribution is 2.23. The Morgan fingerprint density at radius 1 is 1.31 bits per heavy atom.